The van der Waals surface area contributed by atoms with Crippen LogP contribution >= 0.6 is 0 Å². The number of H-pyrrole nitrogens is 1. The summed E-state index contributed by atoms with van der Waals surface area (Å²) < 4.78 is 1.82. The summed E-state index contributed by atoms with van der Waals surface area (Å²) in [6.07, 6.45) is 8.47. The van der Waals surface area contributed by atoms with Gasteiger partial charge in [-0.15, -0.1) is 0 Å². The van der Waals surface area contributed by atoms with Gasteiger partial charge in [0.15, 0.2) is 5.65 Å². The van der Waals surface area contributed by atoms with Crippen LogP contribution in [0, 0.1) is 17.8 Å². The van der Waals surface area contributed by atoms with Crippen LogP contribution in [-0.4, -0.2) is 26.3 Å². The Morgan fingerprint density at radius 1 is 1.33 bits per heavy atom. The Morgan fingerprint density at radius 3 is 2.83 bits per heavy atom. The van der Waals surface area contributed by atoms with Gasteiger partial charge in [0.1, 0.15) is 5.39 Å². The number of aromatic amines is 1. The van der Waals surface area contributed by atoms with E-state index in [1.54, 1.807) is 6.20 Å². The molecule has 2 saturated carbocycles. The molecular formula is C18H27N5O. The molecule has 0 amide bonds. The molecule has 2 fully saturated rings. The predicted octanol–water partition coefficient (Wildman–Crippen LogP) is 3.11. The molecule has 0 radical (unpaired) electrons. The summed E-state index contributed by atoms with van der Waals surface area (Å²) in [6.45, 7) is 7.05. The third-order valence-corrected chi connectivity index (χ3v) is 5.77. The molecule has 2 aliphatic rings. The fraction of sp³-hybridized carbons (Fsp3) is 0.722. The van der Waals surface area contributed by atoms with Crippen LogP contribution in [0.25, 0.3) is 11.0 Å². The Hall–Kier alpha value is -1.85. The van der Waals surface area contributed by atoms with E-state index in [2.05, 4.69) is 41.2 Å². The van der Waals surface area contributed by atoms with Gasteiger partial charge in [-0.3, -0.25) is 9.78 Å². The van der Waals surface area contributed by atoms with Gasteiger partial charge in [0, 0.05) is 6.54 Å². The fourth-order valence-electron chi connectivity index (χ4n) is 4.60. The van der Waals surface area contributed by atoms with E-state index in [1.165, 1.54) is 32.1 Å². The minimum Gasteiger partial charge on any atom is -0.356 e. The number of aromatic nitrogens is 4. The number of anilines is 1. The van der Waals surface area contributed by atoms with E-state index in [9.17, 15) is 4.79 Å². The van der Waals surface area contributed by atoms with Crippen molar-refractivity contribution in [2.24, 2.45) is 17.8 Å². The van der Waals surface area contributed by atoms with Crippen molar-refractivity contribution in [1.29, 1.82) is 0 Å². The van der Waals surface area contributed by atoms with Gasteiger partial charge in [-0.25, -0.2) is 4.68 Å². The predicted molar refractivity (Wildman–Crippen MR) is 95.2 cm³/mol. The molecule has 0 saturated heterocycles. The van der Waals surface area contributed by atoms with Crippen molar-refractivity contribution < 1.29 is 0 Å². The Morgan fingerprint density at radius 2 is 2.17 bits per heavy atom. The Bertz CT molecular complexity index is 800. The smallest absolute Gasteiger partial charge is 0.263 e. The van der Waals surface area contributed by atoms with E-state index in [0.29, 0.717) is 17.0 Å². The van der Waals surface area contributed by atoms with Crippen LogP contribution in [0.2, 0.25) is 0 Å². The molecule has 0 aromatic carbocycles. The largest absolute Gasteiger partial charge is 0.356 e. The van der Waals surface area contributed by atoms with Gasteiger partial charge < -0.3 is 5.32 Å². The minimum absolute atomic E-state index is 0.127. The number of rotatable bonds is 4. The number of hydrogen-bond acceptors (Lipinski definition) is 4. The Labute approximate surface area is 142 Å². The van der Waals surface area contributed by atoms with Crippen molar-refractivity contribution in [2.45, 2.75) is 58.4 Å². The molecule has 0 aliphatic heterocycles. The van der Waals surface area contributed by atoms with Gasteiger partial charge in [-0.2, -0.15) is 10.1 Å². The zero-order valence-electron chi connectivity index (χ0n) is 14.8. The third-order valence-electron chi connectivity index (χ3n) is 5.77. The van der Waals surface area contributed by atoms with E-state index in [0.717, 1.165) is 24.3 Å². The van der Waals surface area contributed by atoms with Gasteiger partial charge >= 0.3 is 0 Å². The van der Waals surface area contributed by atoms with E-state index in [1.807, 2.05) is 4.68 Å². The standard InChI is InChI=1S/C18H27N5O/c1-18(2,3)23-15-14(10-20-23)16(24)22-17(21-15)19-7-6-13-9-11-4-5-12(13)8-11/h10-13H,4-9H2,1-3H3,(H2,19,21,22,24). The number of fused-ring (bicyclic) bond motifs is 3. The van der Waals surface area contributed by atoms with Crippen LogP contribution < -0.4 is 10.9 Å². The molecule has 2 heterocycles. The summed E-state index contributed by atoms with van der Waals surface area (Å²) >= 11 is 0. The molecule has 24 heavy (non-hydrogen) atoms. The SMILES string of the molecule is CC(C)(C)n1ncc2c(=O)[nH]c(NCCC3CC4CCC3C4)nc21. The first kappa shape index (κ1) is 15.7. The number of nitrogens with one attached hydrogen (secondary N) is 2. The number of hydrogen-bond donors (Lipinski definition) is 2. The van der Waals surface area contributed by atoms with Gasteiger partial charge in [0.05, 0.1) is 11.7 Å². The summed E-state index contributed by atoms with van der Waals surface area (Å²) in [4.78, 5) is 19.7. The second-order valence-corrected chi connectivity index (χ2v) is 8.53. The summed E-state index contributed by atoms with van der Waals surface area (Å²) in [6, 6.07) is 0. The van der Waals surface area contributed by atoms with Gasteiger partial charge in [-0.05, 0) is 64.2 Å². The zero-order valence-corrected chi connectivity index (χ0v) is 14.8. The van der Waals surface area contributed by atoms with Crippen LogP contribution in [0.15, 0.2) is 11.0 Å². The van der Waals surface area contributed by atoms with Crippen LogP contribution in [0.1, 0.15) is 52.9 Å². The molecule has 2 aromatic rings. The lowest BCUT2D eigenvalue weighted by Gasteiger charge is -2.21. The molecule has 6 heteroatoms. The quantitative estimate of drug-likeness (QED) is 0.904. The maximum Gasteiger partial charge on any atom is 0.263 e. The van der Waals surface area contributed by atoms with Crippen molar-refractivity contribution in [3.05, 3.63) is 16.6 Å². The maximum atomic E-state index is 12.3. The molecule has 0 spiro atoms. The molecule has 2 aromatic heterocycles. The monoisotopic (exact) mass is 329 g/mol. The lowest BCUT2D eigenvalue weighted by atomic mass is 9.86. The van der Waals surface area contributed by atoms with Crippen LogP contribution in [-0.2, 0) is 5.54 Å². The molecule has 2 N–H and O–H groups in total. The highest BCUT2D eigenvalue weighted by molar-refractivity contribution is 5.74. The molecule has 4 rings (SSSR count). The first-order chi connectivity index (χ1) is 11.4. The van der Waals surface area contributed by atoms with E-state index in [-0.39, 0.29) is 11.1 Å². The molecule has 6 nitrogen and oxygen atoms in total. The average molecular weight is 329 g/mol. The first-order valence-electron chi connectivity index (χ1n) is 9.14. The molecule has 130 valence electrons. The fourth-order valence-corrected chi connectivity index (χ4v) is 4.60. The molecule has 3 atom stereocenters. The van der Waals surface area contributed by atoms with Crippen molar-refractivity contribution in [3.63, 3.8) is 0 Å². The summed E-state index contributed by atoms with van der Waals surface area (Å²) in [7, 11) is 0. The number of nitrogens with zero attached hydrogens (tertiary/aromatic N) is 3. The Kier molecular flexibility index (Phi) is 3.66. The van der Waals surface area contributed by atoms with Crippen molar-refractivity contribution in [3.8, 4) is 0 Å². The van der Waals surface area contributed by atoms with Crippen LogP contribution in [0.5, 0.6) is 0 Å². The highest BCUT2D eigenvalue weighted by atomic mass is 16.1. The summed E-state index contributed by atoms with van der Waals surface area (Å²) in [5.74, 6) is 3.33. The highest BCUT2D eigenvalue weighted by Crippen LogP contribution is 2.49. The maximum absolute atomic E-state index is 12.3. The van der Waals surface area contributed by atoms with Gasteiger partial charge in [0.25, 0.3) is 5.56 Å². The van der Waals surface area contributed by atoms with E-state index < -0.39 is 0 Å². The van der Waals surface area contributed by atoms with E-state index in [4.69, 9.17) is 0 Å². The van der Waals surface area contributed by atoms with Crippen molar-refractivity contribution >= 4 is 17.0 Å². The van der Waals surface area contributed by atoms with Gasteiger partial charge in [-0.1, -0.05) is 6.42 Å². The van der Waals surface area contributed by atoms with E-state index >= 15 is 0 Å². The zero-order chi connectivity index (χ0) is 16.9. The van der Waals surface area contributed by atoms with Crippen molar-refractivity contribution in [2.75, 3.05) is 11.9 Å². The lowest BCUT2D eigenvalue weighted by Crippen LogP contribution is -2.24. The minimum atomic E-state index is -0.205. The highest BCUT2D eigenvalue weighted by Gasteiger charge is 2.38. The summed E-state index contributed by atoms with van der Waals surface area (Å²) in [5, 5.41) is 8.21. The normalized spacial score (nSPS) is 26.4. The summed E-state index contributed by atoms with van der Waals surface area (Å²) in [5.41, 5.74) is 0.315. The first-order valence-corrected chi connectivity index (χ1v) is 9.14. The van der Waals surface area contributed by atoms with Crippen molar-refractivity contribution in [1.82, 2.24) is 19.7 Å². The second kappa shape index (κ2) is 5.60. The molecule has 2 bridgehead atoms. The Balaban J connectivity index is 1.49. The molecule has 3 unspecified atom stereocenters. The van der Waals surface area contributed by atoms with Crippen LogP contribution in [0.3, 0.4) is 0 Å². The molecule has 2 aliphatic carbocycles. The molecular weight excluding hydrogens is 302 g/mol. The second-order valence-electron chi connectivity index (χ2n) is 8.53. The lowest BCUT2D eigenvalue weighted by molar-refractivity contribution is 0.320. The average Bonchev–Trinajstić information content (AvgIpc) is 3.20. The third kappa shape index (κ3) is 2.72. The topological polar surface area (TPSA) is 75.6 Å². The van der Waals surface area contributed by atoms with Gasteiger partial charge in [0.2, 0.25) is 5.95 Å². The van der Waals surface area contributed by atoms with Crippen LogP contribution in [0.4, 0.5) is 5.95 Å².